The van der Waals surface area contributed by atoms with Gasteiger partial charge < -0.3 is 16.0 Å². The number of carbonyl (C=O) groups is 2. The highest BCUT2D eigenvalue weighted by molar-refractivity contribution is 5.96. The van der Waals surface area contributed by atoms with Crippen LogP contribution in [0.5, 0.6) is 0 Å². The van der Waals surface area contributed by atoms with Crippen molar-refractivity contribution in [2.24, 2.45) is 0 Å². The molecular weight excluding hydrogens is 254 g/mol. The highest BCUT2D eigenvalue weighted by Gasteiger charge is 2.31. The van der Waals surface area contributed by atoms with Crippen LogP contribution in [0.1, 0.15) is 36.5 Å². The van der Waals surface area contributed by atoms with Gasteiger partial charge in [-0.25, -0.2) is 0 Å². The van der Waals surface area contributed by atoms with Crippen LogP contribution < -0.4 is 11.1 Å². The number of anilines is 1. The fraction of sp³-hybridized carbons (Fsp3) is 0.467. The van der Waals surface area contributed by atoms with Gasteiger partial charge >= 0.3 is 0 Å². The minimum Gasteiger partial charge on any atom is -0.399 e. The molecule has 2 amide bonds. The Hall–Kier alpha value is -2.04. The molecule has 0 unspecified atom stereocenters. The van der Waals surface area contributed by atoms with Crippen LogP contribution in [0.25, 0.3) is 0 Å². The summed E-state index contributed by atoms with van der Waals surface area (Å²) < 4.78 is 0. The van der Waals surface area contributed by atoms with Gasteiger partial charge in [0, 0.05) is 23.8 Å². The number of hydrogen-bond donors (Lipinski definition) is 2. The average molecular weight is 275 g/mol. The van der Waals surface area contributed by atoms with E-state index < -0.39 is 0 Å². The van der Waals surface area contributed by atoms with Crippen molar-refractivity contribution in [3.8, 4) is 0 Å². The van der Waals surface area contributed by atoms with Gasteiger partial charge in [0.2, 0.25) is 5.91 Å². The van der Waals surface area contributed by atoms with Crippen LogP contribution in [0, 0.1) is 0 Å². The molecule has 5 heteroatoms. The molecule has 0 atom stereocenters. The molecule has 1 aromatic carbocycles. The van der Waals surface area contributed by atoms with Gasteiger partial charge in [-0.05, 0) is 43.5 Å². The van der Waals surface area contributed by atoms with E-state index in [2.05, 4.69) is 12.2 Å². The van der Waals surface area contributed by atoms with E-state index in [0.717, 1.165) is 25.8 Å². The lowest BCUT2D eigenvalue weighted by Gasteiger charge is -2.21. The summed E-state index contributed by atoms with van der Waals surface area (Å²) in [5, 5.41) is 2.67. The van der Waals surface area contributed by atoms with Gasteiger partial charge in [-0.3, -0.25) is 9.59 Å². The van der Waals surface area contributed by atoms with Crippen molar-refractivity contribution in [2.45, 2.75) is 32.2 Å². The van der Waals surface area contributed by atoms with Gasteiger partial charge in [0.1, 0.15) is 0 Å². The number of nitrogens with two attached hydrogens (primary N) is 1. The quantitative estimate of drug-likeness (QED) is 0.771. The molecule has 0 bridgehead atoms. The monoisotopic (exact) mass is 275 g/mol. The highest BCUT2D eigenvalue weighted by Crippen LogP contribution is 2.26. The normalized spacial score (nSPS) is 13.8. The van der Waals surface area contributed by atoms with Crippen molar-refractivity contribution in [3.05, 3.63) is 29.8 Å². The third kappa shape index (κ3) is 3.73. The lowest BCUT2D eigenvalue weighted by atomic mass is 10.2. The second kappa shape index (κ2) is 6.41. The van der Waals surface area contributed by atoms with E-state index in [1.807, 2.05) is 4.90 Å². The number of carbonyl (C=O) groups excluding carboxylic acids is 2. The van der Waals surface area contributed by atoms with Crippen LogP contribution in [0.4, 0.5) is 5.69 Å². The molecule has 5 nitrogen and oxygen atoms in total. The SMILES string of the molecule is CCCN(C(=O)CNC(=O)c1ccc(N)cc1)C1CC1. The molecule has 1 aliphatic carbocycles. The summed E-state index contributed by atoms with van der Waals surface area (Å²) in [7, 11) is 0. The van der Waals surface area contributed by atoms with E-state index in [0.29, 0.717) is 17.3 Å². The lowest BCUT2D eigenvalue weighted by molar-refractivity contribution is -0.130. The van der Waals surface area contributed by atoms with Gasteiger partial charge in [0.15, 0.2) is 0 Å². The van der Waals surface area contributed by atoms with Crippen molar-refractivity contribution in [2.75, 3.05) is 18.8 Å². The van der Waals surface area contributed by atoms with Crippen molar-refractivity contribution >= 4 is 17.5 Å². The number of nitrogens with zero attached hydrogens (tertiary/aromatic N) is 1. The van der Waals surface area contributed by atoms with Gasteiger partial charge in [0.25, 0.3) is 5.91 Å². The van der Waals surface area contributed by atoms with Crippen molar-refractivity contribution in [3.63, 3.8) is 0 Å². The Labute approximate surface area is 119 Å². The van der Waals surface area contributed by atoms with Crippen LogP contribution in [0.2, 0.25) is 0 Å². The van der Waals surface area contributed by atoms with E-state index >= 15 is 0 Å². The molecule has 0 aromatic heterocycles. The summed E-state index contributed by atoms with van der Waals surface area (Å²) in [5.74, 6) is -0.247. The summed E-state index contributed by atoms with van der Waals surface area (Å²) in [4.78, 5) is 25.9. The Bertz CT molecular complexity index is 480. The zero-order valence-electron chi connectivity index (χ0n) is 11.8. The van der Waals surface area contributed by atoms with E-state index in [9.17, 15) is 9.59 Å². The molecule has 108 valence electrons. The number of nitrogen functional groups attached to an aromatic ring is 1. The molecule has 3 N–H and O–H groups in total. The topological polar surface area (TPSA) is 75.4 Å². The molecule has 0 saturated heterocycles. The maximum atomic E-state index is 12.1. The van der Waals surface area contributed by atoms with Crippen LogP contribution >= 0.6 is 0 Å². The zero-order valence-corrected chi connectivity index (χ0v) is 11.8. The number of hydrogen-bond acceptors (Lipinski definition) is 3. The molecule has 20 heavy (non-hydrogen) atoms. The Kier molecular flexibility index (Phi) is 4.61. The molecule has 2 rings (SSSR count). The number of nitrogens with one attached hydrogen (secondary N) is 1. The average Bonchev–Trinajstić information content (AvgIpc) is 3.27. The zero-order chi connectivity index (χ0) is 14.5. The molecule has 1 saturated carbocycles. The minimum absolute atomic E-state index is 0.00172. The Morgan fingerprint density at radius 3 is 2.50 bits per heavy atom. The standard InChI is InChI=1S/C15H21N3O2/c1-2-9-18(13-7-8-13)14(19)10-17-15(20)11-3-5-12(16)6-4-11/h3-6,13H,2,7-10,16H2,1H3,(H,17,20). The van der Waals surface area contributed by atoms with Gasteiger partial charge in [-0.2, -0.15) is 0 Å². The fourth-order valence-electron chi connectivity index (χ4n) is 2.13. The van der Waals surface area contributed by atoms with E-state index in [4.69, 9.17) is 5.73 Å². The maximum absolute atomic E-state index is 12.1. The second-order valence-electron chi connectivity index (χ2n) is 5.12. The van der Waals surface area contributed by atoms with E-state index in [-0.39, 0.29) is 18.4 Å². The predicted molar refractivity (Wildman–Crippen MR) is 78.2 cm³/mol. The fourth-order valence-corrected chi connectivity index (χ4v) is 2.13. The number of rotatable bonds is 6. The van der Waals surface area contributed by atoms with Crippen molar-refractivity contribution < 1.29 is 9.59 Å². The number of benzene rings is 1. The summed E-state index contributed by atoms with van der Waals surface area (Å²) in [6.45, 7) is 2.87. The van der Waals surface area contributed by atoms with Crippen LogP contribution in [0.15, 0.2) is 24.3 Å². The molecular formula is C15H21N3O2. The first kappa shape index (κ1) is 14.4. The summed E-state index contributed by atoms with van der Waals surface area (Å²) >= 11 is 0. The van der Waals surface area contributed by atoms with Crippen molar-refractivity contribution in [1.82, 2.24) is 10.2 Å². The minimum atomic E-state index is -0.245. The first-order chi connectivity index (χ1) is 9.61. The molecule has 1 aromatic rings. The maximum Gasteiger partial charge on any atom is 0.251 e. The van der Waals surface area contributed by atoms with Gasteiger partial charge in [0.05, 0.1) is 6.54 Å². The first-order valence-corrected chi connectivity index (χ1v) is 7.05. The third-order valence-corrected chi connectivity index (χ3v) is 3.35. The smallest absolute Gasteiger partial charge is 0.251 e. The van der Waals surface area contributed by atoms with Gasteiger partial charge in [-0.15, -0.1) is 0 Å². The summed E-state index contributed by atoms with van der Waals surface area (Å²) in [6, 6.07) is 7.03. The lowest BCUT2D eigenvalue weighted by Crippen LogP contribution is -2.41. The Morgan fingerprint density at radius 2 is 1.95 bits per heavy atom. The third-order valence-electron chi connectivity index (χ3n) is 3.35. The second-order valence-corrected chi connectivity index (χ2v) is 5.12. The molecule has 0 aliphatic heterocycles. The predicted octanol–water partition coefficient (Wildman–Crippen LogP) is 1.40. The van der Waals surface area contributed by atoms with Crippen molar-refractivity contribution in [1.29, 1.82) is 0 Å². The van der Waals surface area contributed by atoms with Crippen LogP contribution in [-0.2, 0) is 4.79 Å². The van der Waals surface area contributed by atoms with Crippen LogP contribution in [-0.4, -0.2) is 35.8 Å². The summed E-state index contributed by atoms with van der Waals surface area (Å²) in [5.41, 5.74) is 6.70. The van der Waals surface area contributed by atoms with Crippen LogP contribution in [0.3, 0.4) is 0 Å². The number of amides is 2. The summed E-state index contributed by atoms with van der Waals surface area (Å²) in [6.07, 6.45) is 3.10. The molecule has 0 spiro atoms. The van der Waals surface area contributed by atoms with E-state index in [1.54, 1.807) is 24.3 Å². The van der Waals surface area contributed by atoms with E-state index in [1.165, 1.54) is 0 Å². The largest absolute Gasteiger partial charge is 0.399 e. The molecule has 1 fully saturated rings. The Balaban J connectivity index is 1.85. The molecule has 0 radical (unpaired) electrons. The molecule has 0 heterocycles. The first-order valence-electron chi connectivity index (χ1n) is 7.05. The molecule has 1 aliphatic rings. The Morgan fingerprint density at radius 1 is 1.30 bits per heavy atom. The highest BCUT2D eigenvalue weighted by atomic mass is 16.2. The van der Waals surface area contributed by atoms with Gasteiger partial charge in [-0.1, -0.05) is 6.92 Å².